The molecule has 26 heavy (non-hydrogen) atoms. The van der Waals surface area contributed by atoms with Crippen LogP contribution in [0.2, 0.25) is 0 Å². The van der Waals surface area contributed by atoms with E-state index in [1.807, 2.05) is 37.3 Å². The minimum absolute atomic E-state index is 0.175. The van der Waals surface area contributed by atoms with Gasteiger partial charge in [-0.1, -0.05) is 51.1 Å². The second-order valence-electron chi connectivity index (χ2n) is 6.33. The molecule has 0 saturated heterocycles. The van der Waals surface area contributed by atoms with Crippen LogP contribution in [0.5, 0.6) is 0 Å². The largest absolute Gasteiger partial charge is 0.481 e. The molecule has 0 fully saturated rings. The summed E-state index contributed by atoms with van der Waals surface area (Å²) in [4.78, 5) is 36.0. The van der Waals surface area contributed by atoms with Gasteiger partial charge in [0.1, 0.15) is 5.54 Å². The zero-order valence-electron chi connectivity index (χ0n) is 15.6. The summed E-state index contributed by atoms with van der Waals surface area (Å²) in [5.74, 6) is -2.10. The van der Waals surface area contributed by atoms with Crippen molar-refractivity contribution < 1.29 is 19.5 Å². The van der Waals surface area contributed by atoms with E-state index in [4.69, 9.17) is 10.8 Å². The lowest BCUT2D eigenvalue weighted by Gasteiger charge is -2.34. The second-order valence-corrected chi connectivity index (χ2v) is 6.33. The van der Waals surface area contributed by atoms with Crippen LogP contribution in [-0.2, 0) is 14.4 Å². The first-order valence-corrected chi connectivity index (χ1v) is 8.94. The molecule has 0 aromatic heterocycles. The van der Waals surface area contributed by atoms with Crippen LogP contribution in [0, 0.1) is 0 Å². The molecule has 1 aromatic rings. The topological polar surface area (TPSA) is 122 Å². The fraction of sp³-hybridized carbons (Fsp3) is 0.526. The van der Waals surface area contributed by atoms with Gasteiger partial charge < -0.3 is 21.5 Å². The molecular weight excluding hydrogens is 334 g/mol. The van der Waals surface area contributed by atoms with E-state index in [0.29, 0.717) is 19.3 Å². The maximum Gasteiger partial charge on any atom is 0.305 e. The summed E-state index contributed by atoms with van der Waals surface area (Å²) >= 11 is 0. The highest BCUT2D eigenvalue weighted by atomic mass is 16.4. The number of hydrogen-bond donors (Lipinski definition) is 4. The number of nitrogens with two attached hydrogens (primary N) is 1. The Hall–Kier alpha value is -2.41. The first-order valence-electron chi connectivity index (χ1n) is 8.94. The normalized spacial score (nSPS) is 13.5. The van der Waals surface area contributed by atoms with E-state index in [1.54, 1.807) is 13.8 Å². The molecule has 0 radical (unpaired) electrons. The molecule has 2 atom stereocenters. The molecule has 0 saturated carbocycles. The number of carbonyl (C=O) groups excluding carboxylic acids is 2. The third-order valence-corrected chi connectivity index (χ3v) is 4.65. The summed E-state index contributed by atoms with van der Waals surface area (Å²) in [5.41, 5.74) is 5.48. The molecule has 0 unspecified atom stereocenters. The number of benzene rings is 1. The van der Waals surface area contributed by atoms with Crippen LogP contribution >= 0.6 is 0 Å². The molecule has 5 N–H and O–H groups in total. The van der Waals surface area contributed by atoms with Crippen molar-refractivity contribution in [3.63, 3.8) is 0 Å². The molecule has 0 aliphatic carbocycles. The van der Waals surface area contributed by atoms with Gasteiger partial charge in [0.2, 0.25) is 11.8 Å². The first kappa shape index (κ1) is 21.6. The summed E-state index contributed by atoms with van der Waals surface area (Å²) in [6.45, 7) is 5.57. The summed E-state index contributed by atoms with van der Waals surface area (Å²) in [7, 11) is 0. The maximum atomic E-state index is 13.0. The smallest absolute Gasteiger partial charge is 0.305 e. The molecule has 1 aromatic carbocycles. The number of amides is 2. The van der Waals surface area contributed by atoms with Gasteiger partial charge in [-0.25, -0.2) is 0 Å². The Morgan fingerprint density at radius 1 is 1.12 bits per heavy atom. The van der Waals surface area contributed by atoms with Gasteiger partial charge >= 0.3 is 5.97 Å². The van der Waals surface area contributed by atoms with E-state index >= 15 is 0 Å². The fourth-order valence-corrected chi connectivity index (χ4v) is 2.82. The summed E-state index contributed by atoms with van der Waals surface area (Å²) < 4.78 is 0. The molecular formula is C19H29N3O4. The average Bonchev–Trinajstić information content (AvgIpc) is 2.63. The lowest BCUT2D eigenvalue weighted by atomic mass is 9.90. The van der Waals surface area contributed by atoms with Crippen molar-refractivity contribution in [2.45, 2.75) is 64.1 Å². The standard InChI is InChI=1S/C19H29N3O4/c1-4-15(13-10-8-7-9-11-13)21-18(26)19(5-2,6-3)22-17(25)14(20)12-16(23)24/h7-11,14-15H,4-6,12,20H2,1-3H3,(H,21,26)(H,22,25)(H,23,24)/t14-,15-/m0/s1. The average molecular weight is 363 g/mol. The van der Waals surface area contributed by atoms with Crippen LogP contribution in [0.1, 0.15) is 58.1 Å². The van der Waals surface area contributed by atoms with E-state index < -0.39 is 29.9 Å². The number of carboxylic acid groups (broad SMARTS) is 1. The van der Waals surface area contributed by atoms with Crippen molar-refractivity contribution in [3.05, 3.63) is 35.9 Å². The lowest BCUT2D eigenvalue weighted by molar-refractivity contribution is -0.140. The van der Waals surface area contributed by atoms with Crippen molar-refractivity contribution >= 4 is 17.8 Å². The van der Waals surface area contributed by atoms with Crippen molar-refractivity contribution in [2.24, 2.45) is 5.73 Å². The van der Waals surface area contributed by atoms with E-state index in [1.165, 1.54) is 0 Å². The Bertz CT molecular complexity index is 614. The van der Waals surface area contributed by atoms with E-state index in [2.05, 4.69) is 10.6 Å². The number of carboxylic acids is 1. The van der Waals surface area contributed by atoms with Gasteiger partial charge in [-0.05, 0) is 24.8 Å². The van der Waals surface area contributed by atoms with Crippen LogP contribution in [0.15, 0.2) is 30.3 Å². The van der Waals surface area contributed by atoms with E-state index in [0.717, 1.165) is 5.56 Å². The van der Waals surface area contributed by atoms with E-state index in [-0.39, 0.29) is 11.9 Å². The number of carbonyl (C=O) groups is 3. The maximum absolute atomic E-state index is 13.0. The number of nitrogens with one attached hydrogen (secondary N) is 2. The van der Waals surface area contributed by atoms with Crippen LogP contribution in [0.4, 0.5) is 0 Å². The summed E-state index contributed by atoms with van der Waals surface area (Å²) in [6.07, 6.45) is 0.947. The highest BCUT2D eigenvalue weighted by molar-refractivity contribution is 5.94. The predicted molar refractivity (Wildman–Crippen MR) is 99.3 cm³/mol. The monoisotopic (exact) mass is 363 g/mol. The number of rotatable bonds is 10. The summed E-state index contributed by atoms with van der Waals surface area (Å²) in [5, 5.41) is 14.5. The summed E-state index contributed by atoms with van der Waals surface area (Å²) in [6, 6.07) is 8.22. The molecule has 0 aliphatic heterocycles. The van der Waals surface area contributed by atoms with Gasteiger partial charge in [0.15, 0.2) is 0 Å². The second kappa shape index (κ2) is 9.91. The molecule has 0 bridgehead atoms. The van der Waals surface area contributed by atoms with Crippen molar-refractivity contribution in [1.82, 2.24) is 10.6 Å². The molecule has 7 nitrogen and oxygen atoms in total. The molecule has 0 heterocycles. The first-order chi connectivity index (χ1) is 12.3. The van der Waals surface area contributed by atoms with Crippen molar-refractivity contribution in [3.8, 4) is 0 Å². The van der Waals surface area contributed by atoms with Gasteiger partial charge in [0.05, 0.1) is 18.5 Å². The zero-order valence-corrected chi connectivity index (χ0v) is 15.6. The quantitative estimate of drug-likeness (QED) is 0.504. The SMILES string of the molecule is CC[C@H](NC(=O)C(CC)(CC)NC(=O)[C@@H](N)CC(=O)O)c1ccccc1. The van der Waals surface area contributed by atoms with Crippen LogP contribution < -0.4 is 16.4 Å². The Balaban J connectivity index is 2.94. The third kappa shape index (κ3) is 5.56. The molecule has 144 valence electrons. The van der Waals surface area contributed by atoms with Crippen LogP contribution in [0.25, 0.3) is 0 Å². The van der Waals surface area contributed by atoms with Gasteiger partial charge in [-0.3, -0.25) is 14.4 Å². The predicted octanol–water partition coefficient (Wildman–Crippen LogP) is 1.73. The lowest BCUT2D eigenvalue weighted by Crippen LogP contribution is -2.61. The Labute approximate surface area is 154 Å². The fourth-order valence-electron chi connectivity index (χ4n) is 2.82. The van der Waals surface area contributed by atoms with Gasteiger partial charge in [-0.2, -0.15) is 0 Å². The number of hydrogen-bond acceptors (Lipinski definition) is 4. The molecule has 0 aliphatic rings. The molecule has 0 spiro atoms. The van der Waals surface area contributed by atoms with Crippen molar-refractivity contribution in [1.29, 1.82) is 0 Å². The van der Waals surface area contributed by atoms with Gasteiger partial charge in [-0.15, -0.1) is 0 Å². The number of aliphatic carboxylic acids is 1. The highest BCUT2D eigenvalue weighted by Gasteiger charge is 2.38. The molecule has 2 amide bonds. The Kier molecular flexibility index (Phi) is 8.25. The molecule has 7 heteroatoms. The van der Waals surface area contributed by atoms with Gasteiger partial charge in [0, 0.05) is 0 Å². The third-order valence-electron chi connectivity index (χ3n) is 4.65. The highest BCUT2D eigenvalue weighted by Crippen LogP contribution is 2.21. The minimum Gasteiger partial charge on any atom is -0.481 e. The van der Waals surface area contributed by atoms with Crippen molar-refractivity contribution in [2.75, 3.05) is 0 Å². The Morgan fingerprint density at radius 2 is 1.69 bits per heavy atom. The van der Waals surface area contributed by atoms with E-state index in [9.17, 15) is 14.4 Å². The Morgan fingerprint density at radius 3 is 2.15 bits per heavy atom. The zero-order chi connectivity index (χ0) is 19.7. The van der Waals surface area contributed by atoms with Crippen LogP contribution in [-0.4, -0.2) is 34.5 Å². The minimum atomic E-state index is -1.20. The van der Waals surface area contributed by atoms with Crippen LogP contribution in [0.3, 0.4) is 0 Å². The van der Waals surface area contributed by atoms with Gasteiger partial charge in [0.25, 0.3) is 0 Å². The molecule has 1 rings (SSSR count).